The molecule has 7 nitrogen and oxygen atoms in total. The van der Waals surface area contributed by atoms with Crippen molar-refractivity contribution in [1.29, 1.82) is 0 Å². The Balaban J connectivity index is 1.63. The van der Waals surface area contributed by atoms with Crippen LogP contribution in [0.25, 0.3) is 11.0 Å². The second-order valence-electron chi connectivity index (χ2n) is 6.20. The van der Waals surface area contributed by atoms with Crippen molar-refractivity contribution in [3.05, 3.63) is 84.7 Å². The molecule has 0 saturated heterocycles. The Hall–Kier alpha value is -3.52. The summed E-state index contributed by atoms with van der Waals surface area (Å²) < 4.78 is 33.8. The largest absolute Gasteiger partial charge is 0.475 e. The maximum atomic E-state index is 12.7. The number of rotatable bonds is 7. The maximum Gasteiger partial charge on any atom is 0.263 e. The van der Waals surface area contributed by atoms with Gasteiger partial charge in [0.2, 0.25) is 5.82 Å². The molecular weight excluding hydrogens is 388 g/mol. The Morgan fingerprint density at radius 3 is 2.24 bits per heavy atom. The third-order valence-corrected chi connectivity index (χ3v) is 5.50. The summed E-state index contributed by atoms with van der Waals surface area (Å²) in [4.78, 5) is 13.3. The van der Waals surface area contributed by atoms with Gasteiger partial charge in [0.1, 0.15) is 0 Å². The molecule has 0 aliphatic heterocycles. The van der Waals surface area contributed by atoms with Crippen LogP contribution in [0.5, 0.6) is 5.88 Å². The molecule has 0 saturated carbocycles. The van der Waals surface area contributed by atoms with Crippen molar-refractivity contribution < 1.29 is 13.2 Å². The van der Waals surface area contributed by atoms with E-state index in [1.807, 2.05) is 30.3 Å². The predicted octanol–water partition coefficient (Wildman–Crippen LogP) is 3.45. The molecule has 146 valence electrons. The third kappa shape index (κ3) is 4.49. The number of fused-ring (bicyclic) bond motifs is 1. The summed E-state index contributed by atoms with van der Waals surface area (Å²) in [7, 11) is -3.83. The van der Waals surface area contributed by atoms with Gasteiger partial charge < -0.3 is 4.74 Å². The topological polar surface area (TPSA) is 94.1 Å². The van der Waals surface area contributed by atoms with Gasteiger partial charge in [-0.1, -0.05) is 36.4 Å². The lowest BCUT2D eigenvalue weighted by Gasteiger charge is -2.13. The molecule has 4 aromatic rings. The molecule has 29 heavy (non-hydrogen) atoms. The van der Waals surface area contributed by atoms with Gasteiger partial charge in [0.15, 0.2) is 0 Å². The summed E-state index contributed by atoms with van der Waals surface area (Å²) in [6, 6.07) is 20.9. The van der Waals surface area contributed by atoms with Gasteiger partial charge in [0, 0.05) is 18.3 Å². The maximum absolute atomic E-state index is 12.7. The number of hydrogen-bond acceptors (Lipinski definition) is 6. The van der Waals surface area contributed by atoms with E-state index < -0.39 is 10.0 Å². The Bertz CT molecular complexity index is 1220. The van der Waals surface area contributed by atoms with Gasteiger partial charge in [-0.2, -0.15) is 0 Å². The van der Waals surface area contributed by atoms with Gasteiger partial charge in [-0.3, -0.25) is 9.71 Å². The van der Waals surface area contributed by atoms with Crippen LogP contribution in [0.1, 0.15) is 5.69 Å². The molecule has 2 heterocycles. The van der Waals surface area contributed by atoms with E-state index in [-0.39, 0.29) is 23.2 Å². The van der Waals surface area contributed by atoms with Crippen molar-refractivity contribution in [2.75, 3.05) is 11.3 Å². The minimum absolute atomic E-state index is 0.0496. The van der Waals surface area contributed by atoms with Gasteiger partial charge in [0.25, 0.3) is 15.9 Å². The van der Waals surface area contributed by atoms with Crippen molar-refractivity contribution in [2.24, 2.45) is 0 Å². The number of hydrogen-bond donors (Lipinski definition) is 1. The van der Waals surface area contributed by atoms with Crippen LogP contribution in [-0.2, 0) is 16.4 Å². The van der Waals surface area contributed by atoms with E-state index in [1.165, 1.54) is 12.1 Å². The molecule has 0 amide bonds. The van der Waals surface area contributed by atoms with E-state index in [0.717, 1.165) is 5.69 Å². The van der Waals surface area contributed by atoms with Crippen molar-refractivity contribution in [3.8, 4) is 5.88 Å². The predicted molar refractivity (Wildman–Crippen MR) is 110 cm³/mol. The zero-order chi connectivity index (χ0) is 20.1. The Morgan fingerprint density at radius 2 is 1.52 bits per heavy atom. The second kappa shape index (κ2) is 8.24. The molecule has 2 aromatic heterocycles. The molecule has 0 atom stereocenters. The first-order valence-corrected chi connectivity index (χ1v) is 10.5. The molecule has 0 radical (unpaired) electrons. The average Bonchev–Trinajstić information content (AvgIpc) is 2.75. The highest BCUT2D eigenvalue weighted by atomic mass is 32.2. The standard InChI is InChI=1S/C21H18N4O3S/c26-29(27,17-9-2-1-3-10-17)25-20-21(24-19-12-5-4-11-18(19)23-20)28-15-13-16-8-6-7-14-22-16/h1-12,14H,13,15H2,(H,23,25). The average molecular weight is 406 g/mol. The lowest BCUT2D eigenvalue weighted by Crippen LogP contribution is -2.16. The van der Waals surface area contributed by atoms with Crippen LogP contribution in [0.4, 0.5) is 5.82 Å². The highest BCUT2D eigenvalue weighted by Gasteiger charge is 2.19. The number of pyridine rings is 1. The summed E-state index contributed by atoms with van der Waals surface area (Å²) in [5.41, 5.74) is 2.05. The fraction of sp³-hybridized carbons (Fsp3) is 0.0952. The van der Waals surface area contributed by atoms with Crippen LogP contribution >= 0.6 is 0 Å². The van der Waals surface area contributed by atoms with E-state index >= 15 is 0 Å². The van der Waals surface area contributed by atoms with Crippen LogP contribution in [0.15, 0.2) is 83.9 Å². The van der Waals surface area contributed by atoms with Crippen LogP contribution in [0.2, 0.25) is 0 Å². The van der Waals surface area contributed by atoms with Crippen molar-refractivity contribution in [3.63, 3.8) is 0 Å². The van der Waals surface area contributed by atoms with E-state index in [2.05, 4.69) is 19.7 Å². The molecule has 8 heteroatoms. The van der Waals surface area contributed by atoms with Gasteiger partial charge >= 0.3 is 0 Å². The van der Waals surface area contributed by atoms with E-state index in [9.17, 15) is 8.42 Å². The van der Waals surface area contributed by atoms with Gasteiger partial charge in [0.05, 0.1) is 22.5 Å². The van der Waals surface area contributed by atoms with Crippen LogP contribution in [0, 0.1) is 0 Å². The molecule has 0 aliphatic rings. The van der Waals surface area contributed by atoms with Crippen molar-refractivity contribution in [1.82, 2.24) is 15.0 Å². The van der Waals surface area contributed by atoms with Crippen molar-refractivity contribution >= 4 is 26.9 Å². The van der Waals surface area contributed by atoms with E-state index in [0.29, 0.717) is 17.5 Å². The Kier molecular flexibility index (Phi) is 5.35. The number of anilines is 1. The monoisotopic (exact) mass is 406 g/mol. The van der Waals surface area contributed by atoms with Crippen LogP contribution in [0.3, 0.4) is 0 Å². The molecule has 1 N–H and O–H groups in total. The SMILES string of the molecule is O=S(=O)(Nc1nc2ccccc2nc1OCCc1ccccn1)c1ccccc1. The molecule has 0 fully saturated rings. The highest BCUT2D eigenvalue weighted by molar-refractivity contribution is 7.92. The van der Waals surface area contributed by atoms with Gasteiger partial charge in [-0.05, 0) is 36.4 Å². The number of sulfonamides is 1. The van der Waals surface area contributed by atoms with Gasteiger partial charge in [-0.15, -0.1) is 0 Å². The molecule has 0 bridgehead atoms. The minimum atomic E-state index is -3.83. The number of ether oxygens (including phenoxy) is 1. The number of nitrogens with one attached hydrogen (secondary N) is 1. The quantitative estimate of drug-likeness (QED) is 0.505. The summed E-state index contributed by atoms with van der Waals surface area (Å²) in [6.45, 7) is 0.282. The fourth-order valence-corrected chi connectivity index (χ4v) is 3.76. The number of benzene rings is 2. The number of para-hydroxylation sites is 2. The number of nitrogens with zero attached hydrogens (tertiary/aromatic N) is 3. The molecule has 4 rings (SSSR count). The van der Waals surface area contributed by atoms with Crippen LogP contribution in [-0.4, -0.2) is 30.0 Å². The zero-order valence-electron chi connectivity index (χ0n) is 15.4. The number of aromatic nitrogens is 3. The molecular formula is C21H18N4O3S. The summed E-state index contributed by atoms with van der Waals surface area (Å²) in [6.07, 6.45) is 2.27. The first-order valence-electron chi connectivity index (χ1n) is 8.99. The smallest absolute Gasteiger partial charge is 0.263 e. The highest BCUT2D eigenvalue weighted by Crippen LogP contribution is 2.26. The van der Waals surface area contributed by atoms with E-state index in [1.54, 1.807) is 36.5 Å². The van der Waals surface area contributed by atoms with Crippen molar-refractivity contribution in [2.45, 2.75) is 11.3 Å². The molecule has 0 spiro atoms. The normalized spacial score (nSPS) is 11.3. The summed E-state index contributed by atoms with van der Waals surface area (Å²) >= 11 is 0. The summed E-state index contributed by atoms with van der Waals surface area (Å²) in [5, 5.41) is 0. The fourth-order valence-electron chi connectivity index (χ4n) is 2.74. The van der Waals surface area contributed by atoms with E-state index in [4.69, 9.17) is 4.74 Å². The molecule has 0 aliphatic carbocycles. The first kappa shape index (κ1) is 18.8. The first-order chi connectivity index (χ1) is 14.1. The second-order valence-corrected chi connectivity index (χ2v) is 7.89. The minimum Gasteiger partial charge on any atom is -0.475 e. The third-order valence-electron chi connectivity index (χ3n) is 4.15. The Morgan fingerprint density at radius 1 is 0.828 bits per heavy atom. The Labute approximate surface area is 168 Å². The molecule has 0 unspecified atom stereocenters. The lowest BCUT2D eigenvalue weighted by atomic mass is 10.3. The van der Waals surface area contributed by atoms with Gasteiger partial charge in [-0.25, -0.2) is 18.4 Å². The lowest BCUT2D eigenvalue weighted by molar-refractivity contribution is 0.310. The van der Waals surface area contributed by atoms with Crippen LogP contribution < -0.4 is 9.46 Å². The summed E-state index contributed by atoms with van der Waals surface area (Å²) in [5.74, 6) is 0.174. The molecule has 2 aromatic carbocycles. The zero-order valence-corrected chi connectivity index (χ0v) is 16.2.